The number of carbonyl (C=O) groups is 1. The van der Waals surface area contributed by atoms with Gasteiger partial charge in [0, 0.05) is 6.42 Å². The summed E-state index contributed by atoms with van der Waals surface area (Å²) in [5, 5.41) is 0. The van der Waals surface area contributed by atoms with E-state index in [2.05, 4.69) is 0 Å². The van der Waals surface area contributed by atoms with Crippen LogP contribution in [0.15, 0.2) is 18.2 Å². The van der Waals surface area contributed by atoms with E-state index in [4.69, 9.17) is 10.5 Å². The lowest BCUT2D eigenvalue weighted by molar-refractivity contribution is 0.0781. The molecule has 1 fully saturated rings. The van der Waals surface area contributed by atoms with E-state index in [-0.39, 0.29) is 22.5 Å². The molecule has 0 spiro atoms. The molecule has 0 aromatic heterocycles. The van der Waals surface area contributed by atoms with Crippen molar-refractivity contribution in [3.8, 4) is 5.75 Å². The first-order valence-electron chi connectivity index (χ1n) is 6.18. The standard InChI is InChI=1S/C14H18FNO2/c1-18-12-5-2-4-10(13(12)15)11(17)8-14(9-16)6-3-7-14/h2,4-5H,3,6-9,16H2,1H3. The van der Waals surface area contributed by atoms with Crippen molar-refractivity contribution in [1.29, 1.82) is 0 Å². The molecule has 1 aliphatic carbocycles. The Morgan fingerprint density at radius 1 is 1.50 bits per heavy atom. The fraction of sp³-hybridized carbons (Fsp3) is 0.500. The van der Waals surface area contributed by atoms with Gasteiger partial charge in [0.15, 0.2) is 17.3 Å². The number of nitrogens with two attached hydrogens (primary N) is 1. The van der Waals surface area contributed by atoms with Crippen molar-refractivity contribution in [3.63, 3.8) is 0 Å². The largest absolute Gasteiger partial charge is 0.494 e. The van der Waals surface area contributed by atoms with Gasteiger partial charge in [0.2, 0.25) is 0 Å². The van der Waals surface area contributed by atoms with Crippen molar-refractivity contribution in [2.24, 2.45) is 11.1 Å². The van der Waals surface area contributed by atoms with Crippen molar-refractivity contribution >= 4 is 5.78 Å². The van der Waals surface area contributed by atoms with Crippen molar-refractivity contribution in [2.75, 3.05) is 13.7 Å². The molecule has 18 heavy (non-hydrogen) atoms. The summed E-state index contributed by atoms with van der Waals surface area (Å²) in [6.45, 7) is 0.490. The maximum atomic E-state index is 13.9. The van der Waals surface area contributed by atoms with E-state index in [9.17, 15) is 9.18 Å². The average Bonchev–Trinajstić information content (AvgIpc) is 2.34. The molecule has 0 amide bonds. The highest BCUT2D eigenvalue weighted by Gasteiger charge is 2.38. The second kappa shape index (κ2) is 5.06. The van der Waals surface area contributed by atoms with E-state index in [0.717, 1.165) is 19.3 Å². The van der Waals surface area contributed by atoms with Crippen LogP contribution in [0, 0.1) is 11.2 Å². The minimum Gasteiger partial charge on any atom is -0.494 e. The van der Waals surface area contributed by atoms with Crippen LogP contribution in [-0.4, -0.2) is 19.4 Å². The molecule has 4 heteroatoms. The Bertz CT molecular complexity index is 450. The number of ether oxygens (including phenoxy) is 1. The van der Waals surface area contributed by atoms with Crippen LogP contribution >= 0.6 is 0 Å². The monoisotopic (exact) mass is 251 g/mol. The number of methoxy groups -OCH3 is 1. The number of Topliss-reactive ketones (excluding diaryl/α,β-unsaturated/α-hetero) is 1. The fourth-order valence-corrected chi connectivity index (χ4v) is 2.45. The zero-order valence-corrected chi connectivity index (χ0v) is 10.5. The van der Waals surface area contributed by atoms with E-state index < -0.39 is 5.82 Å². The average molecular weight is 251 g/mol. The highest BCUT2D eigenvalue weighted by Crippen LogP contribution is 2.43. The molecule has 0 saturated heterocycles. The maximum Gasteiger partial charge on any atom is 0.175 e. The van der Waals surface area contributed by atoms with Crippen molar-refractivity contribution < 1.29 is 13.9 Å². The Kier molecular flexibility index (Phi) is 3.66. The molecule has 0 unspecified atom stereocenters. The summed E-state index contributed by atoms with van der Waals surface area (Å²) in [6.07, 6.45) is 3.35. The molecule has 1 aromatic rings. The minimum absolute atomic E-state index is 0.105. The molecule has 0 radical (unpaired) electrons. The van der Waals surface area contributed by atoms with Gasteiger partial charge in [-0.15, -0.1) is 0 Å². The normalized spacial score (nSPS) is 17.1. The molecule has 0 heterocycles. The number of hydrogen-bond donors (Lipinski definition) is 1. The van der Waals surface area contributed by atoms with Crippen molar-refractivity contribution in [1.82, 2.24) is 0 Å². The first kappa shape index (κ1) is 13.0. The van der Waals surface area contributed by atoms with E-state index in [1.54, 1.807) is 6.07 Å². The molecule has 0 atom stereocenters. The highest BCUT2D eigenvalue weighted by molar-refractivity contribution is 5.97. The summed E-state index contributed by atoms with van der Waals surface area (Å²) in [4.78, 5) is 12.1. The highest BCUT2D eigenvalue weighted by atomic mass is 19.1. The maximum absolute atomic E-state index is 13.9. The number of carbonyl (C=O) groups excluding carboxylic acids is 1. The Balaban J connectivity index is 2.19. The molecule has 3 nitrogen and oxygen atoms in total. The van der Waals surface area contributed by atoms with Gasteiger partial charge in [-0.1, -0.05) is 12.5 Å². The molecule has 98 valence electrons. The number of benzene rings is 1. The smallest absolute Gasteiger partial charge is 0.175 e. The zero-order valence-electron chi connectivity index (χ0n) is 10.5. The van der Waals surface area contributed by atoms with Gasteiger partial charge in [0.1, 0.15) is 0 Å². The number of rotatable bonds is 5. The number of halogens is 1. The van der Waals surface area contributed by atoms with Gasteiger partial charge in [-0.3, -0.25) is 4.79 Å². The number of hydrogen-bond acceptors (Lipinski definition) is 3. The van der Waals surface area contributed by atoms with Gasteiger partial charge in [-0.05, 0) is 36.9 Å². The molecule has 1 aromatic carbocycles. The van der Waals surface area contributed by atoms with Crippen LogP contribution in [-0.2, 0) is 0 Å². The van der Waals surface area contributed by atoms with Crippen LogP contribution in [0.3, 0.4) is 0 Å². The molecule has 2 N–H and O–H groups in total. The molecule has 0 aliphatic heterocycles. The fourth-order valence-electron chi connectivity index (χ4n) is 2.45. The summed E-state index contributed by atoms with van der Waals surface area (Å²) < 4.78 is 18.8. The van der Waals surface area contributed by atoms with Crippen LogP contribution in [0.4, 0.5) is 4.39 Å². The predicted octanol–water partition coefficient (Wildman–Crippen LogP) is 2.54. The second-order valence-electron chi connectivity index (χ2n) is 4.98. The first-order chi connectivity index (χ1) is 8.62. The lowest BCUT2D eigenvalue weighted by atomic mass is 9.65. The summed E-state index contributed by atoms with van der Waals surface area (Å²) in [5.41, 5.74) is 5.72. The van der Waals surface area contributed by atoms with Crippen LogP contribution in [0.2, 0.25) is 0 Å². The van der Waals surface area contributed by atoms with Crippen LogP contribution < -0.4 is 10.5 Å². The minimum atomic E-state index is -0.573. The summed E-state index contributed by atoms with van der Waals surface area (Å²) >= 11 is 0. The summed E-state index contributed by atoms with van der Waals surface area (Å²) in [7, 11) is 1.39. The Morgan fingerprint density at radius 3 is 2.72 bits per heavy atom. The SMILES string of the molecule is COc1cccc(C(=O)CC2(CN)CCC2)c1F. The first-order valence-corrected chi connectivity index (χ1v) is 6.18. The molecule has 1 saturated carbocycles. The lowest BCUT2D eigenvalue weighted by Crippen LogP contribution is -2.39. The van der Waals surface area contributed by atoms with Gasteiger partial charge in [-0.25, -0.2) is 4.39 Å². The topological polar surface area (TPSA) is 52.3 Å². The molecule has 0 bridgehead atoms. The Labute approximate surface area is 106 Å². The summed E-state index contributed by atoms with van der Waals surface area (Å²) in [6, 6.07) is 4.64. The van der Waals surface area contributed by atoms with Crippen LogP contribution in [0.5, 0.6) is 5.75 Å². The summed E-state index contributed by atoms with van der Waals surface area (Å²) in [5.74, 6) is -0.649. The lowest BCUT2D eigenvalue weighted by Gasteiger charge is -2.40. The Morgan fingerprint density at radius 2 is 2.22 bits per heavy atom. The third-order valence-corrected chi connectivity index (χ3v) is 3.87. The second-order valence-corrected chi connectivity index (χ2v) is 4.98. The van der Waals surface area contributed by atoms with E-state index in [1.807, 2.05) is 0 Å². The van der Waals surface area contributed by atoms with E-state index >= 15 is 0 Å². The predicted molar refractivity (Wildman–Crippen MR) is 67.2 cm³/mol. The van der Waals surface area contributed by atoms with E-state index in [0.29, 0.717) is 13.0 Å². The van der Waals surface area contributed by atoms with Gasteiger partial charge in [-0.2, -0.15) is 0 Å². The Hall–Kier alpha value is -1.42. The van der Waals surface area contributed by atoms with Gasteiger partial charge in [0.25, 0.3) is 0 Å². The van der Waals surface area contributed by atoms with Gasteiger partial charge < -0.3 is 10.5 Å². The van der Waals surface area contributed by atoms with Crippen molar-refractivity contribution in [2.45, 2.75) is 25.7 Å². The van der Waals surface area contributed by atoms with E-state index in [1.165, 1.54) is 19.2 Å². The quantitative estimate of drug-likeness (QED) is 0.818. The molecular formula is C14H18FNO2. The van der Waals surface area contributed by atoms with Crippen molar-refractivity contribution in [3.05, 3.63) is 29.6 Å². The zero-order chi connectivity index (χ0) is 13.2. The molecule has 2 rings (SSSR count). The number of ketones is 1. The van der Waals surface area contributed by atoms with Crippen LogP contribution in [0.25, 0.3) is 0 Å². The van der Waals surface area contributed by atoms with Gasteiger partial charge >= 0.3 is 0 Å². The third kappa shape index (κ3) is 2.25. The van der Waals surface area contributed by atoms with Gasteiger partial charge in [0.05, 0.1) is 12.7 Å². The third-order valence-electron chi connectivity index (χ3n) is 3.87. The molecule has 1 aliphatic rings. The van der Waals surface area contributed by atoms with Crippen LogP contribution in [0.1, 0.15) is 36.0 Å². The molecular weight excluding hydrogens is 233 g/mol.